The van der Waals surface area contributed by atoms with E-state index in [1.54, 1.807) is 0 Å². The van der Waals surface area contributed by atoms with Crippen LogP contribution < -0.4 is 16.8 Å². The van der Waals surface area contributed by atoms with E-state index in [4.69, 9.17) is 11.5 Å². The van der Waals surface area contributed by atoms with E-state index < -0.39 is 11.9 Å². The maximum atomic E-state index is 10.6. The van der Waals surface area contributed by atoms with Gasteiger partial charge in [0.15, 0.2) is 0 Å². The van der Waals surface area contributed by atoms with Crippen molar-refractivity contribution in [1.29, 1.82) is 0 Å². The standard InChI is InChI=1S/C9H21N3O/c1-4-8(6(2)3)12-5-7(10)9(11)13/h6-8,12H,4-5,10H2,1-3H3,(H2,11,13). The van der Waals surface area contributed by atoms with Gasteiger partial charge in [-0.15, -0.1) is 0 Å². The Morgan fingerprint density at radius 3 is 2.31 bits per heavy atom. The second kappa shape index (κ2) is 5.94. The maximum Gasteiger partial charge on any atom is 0.235 e. The number of rotatable bonds is 6. The summed E-state index contributed by atoms with van der Waals surface area (Å²) in [6.07, 6.45) is 1.03. The minimum Gasteiger partial charge on any atom is -0.368 e. The van der Waals surface area contributed by atoms with Crippen molar-refractivity contribution < 1.29 is 4.79 Å². The summed E-state index contributed by atoms with van der Waals surface area (Å²) in [5.41, 5.74) is 10.5. The Labute approximate surface area is 80.0 Å². The number of carbonyl (C=O) groups excluding carboxylic acids is 1. The third kappa shape index (κ3) is 4.85. The van der Waals surface area contributed by atoms with Crippen LogP contribution in [0.4, 0.5) is 0 Å². The Balaban J connectivity index is 3.78. The number of hydrogen-bond donors (Lipinski definition) is 3. The first-order valence-electron chi connectivity index (χ1n) is 4.77. The molecule has 0 bridgehead atoms. The van der Waals surface area contributed by atoms with Gasteiger partial charge in [-0.05, 0) is 12.3 Å². The molecule has 0 radical (unpaired) electrons. The lowest BCUT2D eigenvalue weighted by Crippen LogP contribution is -2.47. The van der Waals surface area contributed by atoms with Gasteiger partial charge in [0.25, 0.3) is 0 Å². The molecule has 78 valence electrons. The number of nitrogens with two attached hydrogens (primary N) is 2. The lowest BCUT2D eigenvalue weighted by molar-refractivity contribution is -0.119. The van der Waals surface area contributed by atoms with Gasteiger partial charge in [0.05, 0.1) is 6.04 Å². The Hall–Kier alpha value is -0.610. The van der Waals surface area contributed by atoms with Crippen molar-refractivity contribution in [3.63, 3.8) is 0 Å². The second-order valence-corrected chi connectivity index (χ2v) is 3.68. The minimum absolute atomic E-state index is 0.408. The molecule has 0 heterocycles. The molecule has 0 aromatic heterocycles. The fraction of sp³-hybridized carbons (Fsp3) is 0.889. The molecule has 0 rings (SSSR count). The molecule has 0 aliphatic heterocycles. The third-order valence-electron chi connectivity index (χ3n) is 2.21. The van der Waals surface area contributed by atoms with Crippen molar-refractivity contribution in [2.75, 3.05) is 6.54 Å². The topological polar surface area (TPSA) is 81.1 Å². The minimum atomic E-state index is -0.576. The van der Waals surface area contributed by atoms with Crippen molar-refractivity contribution in [1.82, 2.24) is 5.32 Å². The zero-order valence-corrected chi connectivity index (χ0v) is 8.71. The molecule has 5 N–H and O–H groups in total. The smallest absolute Gasteiger partial charge is 0.235 e. The highest BCUT2D eigenvalue weighted by Crippen LogP contribution is 2.04. The predicted molar refractivity (Wildman–Crippen MR) is 54.1 cm³/mol. The SMILES string of the molecule is CCC(NCC(N)C(N)=O)C(C)C. The first-order chi connectivity index (χ1) is 5.99. The van der Waals surface area contributed by atoms with Gasteiger partial charge in [0.1, 0.15) is 0 Å². The molecule has 0 aliphatic rings. The largest absolute Gasteiger partial charge is 0.368 e. The summed E-state index contributed by atoms with van der Waals surface area (Å²) < 4.78 is 0. The fourth-order valence-corrected chi connectivity index (χ4v) is 1.23. The highest BCUT2D eigenvalue weighted by Gasteiger charge is 2.14. The van der Waals surface area contributed by atoms with Crippen LogP contribution in [0.25, 0.3) is 0 Å². The Morgan fingerprint density at radius 2 is 2.00 bits per heavy atom. The average molecular weight is 187 g/mol. The van der Waals surface area contributed by atoms with Crippen LogP contribution in [0.15, 0.2) is 0 Å². The molecule has 2 atom stereocenters. The molecular formula is C9H21N3O. The van der Waals surface area contributed by atoms with E-state index in [-0.39, 0.29) is 0 Å². The van der Waals surface area contributed by atoms with E-state index in [0.717, 1.165) is 6.42 Å². The number of hydrogen-bond acceptors (Lipinski definition) is 3. The van der Waals surface area contributed by atoms with Crippen LogP contribution in [-0.4, -0.2) is 24.5 Å². The van der Waals surface area contributed by atoms with E-state index >= 15 is 0 Å². The quantitative estimate of drug-likeness (QED) is 0.539. The molecule has 0 aliphatic carbocycles. The molecule has 0 aromatic carbocycles. The molecule has 0 saturated heterocycles. The van der Waals surface area contributed by atoms with Gasteiger partial charge >= 0.3 is 0 Å². The Morgan fingerprint density at radius 1 is 1.46 bits per heavy atom. The summed E-state index contributed by atoms with van der Waals surface area (Å²) in [6, 6.07) is -0.168. The van der Waals surface area contributed by atoms with Crippen molar-refractivity contribution in [3.05, 3.63) is 0 Å². The molecular weight excluding hydrogens is 166 g/mol. The number of nitrogens with one attached hydrogen (secondary N) is 1. The lowest BCUT2D eigenvalue weighted by Gasteiger charge is -2.21. The molecule has 4 nitrogen and oxygen atoms in total. The molecule has 4 heteroatoms. The fourth-order valence-electron chi connectivity index (χ4n) is 1.23. The van der Waals surface area contributed by atoms with Crippen LogP contribution in [0.5, 0.6) is 0 Å². The van der Waals surface area contributed by atoms with Crippen LogP contribution in [-0.2, 0) is 4.79 Å². The summed E-state index contributed by atoms with van der Waals surface area (Å²) in [5.74, 6) is 0.0937. The molecule has 0 aromatic rings. The molecule has 0 saturated carbocycles. The third-order valence-corrected chi connectivity index (χ3v) is 2.21. The molecule has 1 amide bonds. The number of carbonyl (C=O) groups is 1. The van der Waals surface area contributed by atoms with Crippen LogP contribution >= 0.6 is 0 Å². The normalized spacial score (nSPS) is 15.8. The zero-order valence-electron chi connectivity index (χ0n) is 8.71. The second-order valence-electron chi connectivity index (χ2n) is 3.68. The van der Waals surface area contributed by atoms with Crippen molar-refractivity contribution in [2.24, 2.45) is 17.4 Å². The summed E-state index contributed by atoms with van der Waals surface area (Å²) in [7, 11) is 0. The summed E-state index contributed by atoms with van der Waals surface area (Å²) in [6.45, 7) is 6.84. The van der Waals surface area contributed by atoms with Gasteiger partial charge in [0, 0.05) is 12.6 Å². The van der Waals surface area contributed by atoms with Crippen molar-refractivity contribution in [3.8, 4) is 0 Å². The predicted octanol–water partition coefficient (Wildman–Crippen LogP) is -0.177. The van der Waals surface area contributed by atoms with Crippen LogP contribution in [0.2, 0.25) is 0 Å². The molecule has 2 unspecified atom stereocenters. The van der Waals surface area contributed by atoms with Gasteiger partial charge in [-0.25, -0.2) is 0 Å². The van der Waals surface area contributed by atoms with E-state index in [1.165, 1.54) is 0 Å². The molecule has 0 spiro atoms. The number of amides is 1. The Bertz CT molecular complexity index is 159. The summed E-state index contributed by atoms with van der Waals surface area (Å²) >= 11 is 0. The van der Waals surface area contributed by atoms with Crippen molar-refractivity contribution >= 4 is 5.91 Å². The van der Waals surface area contributed by atoms with Gasteiger partial charge in [-0.1, -0.05) is 20.8 Å². The highest BCUT2D eigenvalue weighted by atomic mass is 16.1. The van der Waals surface area contributed by atoms with Crippen LogP contribution in [0, 0.1) is 5.92 Å². The van der Waals surface area contributed by atoms with Gasteiger partial charge in [-0.2, -0.15) is 0 Å². The monoisotopic (exact) mass is 187 g/mol. The summed E-state index contributed by atoms with van der Waals surface area (Å²) in [4.78, 5) is 10.6. The molecule has 13 heavy (non-hydrogen) atoms. The van der Waals surface area contributed by atoms with Crippen LogP contribution in [0.3, 0.4) is 0 Å². The lowest BCUT2D eigenvalue weighted by atomic mass is 10.0. The maximum absolute atomic E-state index is 10.6. The number of primary amides is 1. The van der Waals surface area contributed by atoms with E-state index in [2.05, 4.69) is 26.1 Å². The average Bonchev–Trinajstić information content (AvgIpc) is 2.04. The van der Waals surface area contributed by atoms with Gasteiger partial charge in [0.2, 0.25) is 5.91 Å². The first-order valence-corrected chi connectivity index (χ1v) is 4.77. The summed E-state index contributed by atoms with van der Waals surface area (Å²) in [5, 5.41) is 3.22. The van der Waals surface area contributed by atoms with Crippen molar-refractivity contribution in [2.45, 2.75) is 39.3 Å². The zero-order chi connectivity index (χ0) is 10.4. The molecule has 0 fully saturated rings. The van der Waals surface area contributed by atoms with Gasteiger partial charge in [-0.3, -0.25) is 4.79 Å². The van der Waals surface area contributed by atoms with E-state index in [1.807, 2.05) is 0 Å². The Kier molecular flexibility index (Phi) is 5.66. The van der Waals surface area contributed by atoms with Crippen LogP contribution in [0.1, 0.15) is 27.2 Å². The highest BCUT2D eigenvalue weighted by molar-refractivity contribution is 5.79. The van der Waals surface area contributed by atoms with E-state index in [0.29, 0.717) is 18.5 Å². The first kappa shape index (κ1) is 12.4. The van der Waals surface area contributed by atoms with Gasteiger partial charge < -0.3 is 16.8 Å². The van der Waals surface area contributed by atoms with E-state index in [9.17, 15) is 4.79 Å².